The number of benzene rings is 6. The van der Waals surface area contributed by atoms with Crippen molar-refractivity contribution in [3.05, 3.63) is 194 Å². The Labute approximate surface area is 372 Å². The molecule has 7 heteroatoms. The smallest absolute Gasteiger partial charge is 0.135 e. The third kappa shape index (κ3) is 7.43. The second-order valence-corrected chi connectivity index (χ2v) is 17.6. The Hall–Kier alpha value is -6.39. The molecule has 0 saturated heterocycles. The van der Waals surface area contributed by atoms with Crippen LogP contribution in [0.3, 0.4) is 0 Å². The third-order valence-electron chi connectivity index (χ3n) is 11.4. The van der Waals surface area contributed by atoms with Crippen molar-refractivity contribution in [3.63, 3.8) is 0 Å². The molecule has 0 spiro atoms. The van der Waals surface area contributed by atoms with Gasteiger partial charge in [0, 0.05) is 60.4 Å². The largest absolute Gasteiger partial charge is 0.509 e. The summed E-state index contributed by atoms with van der Waals surface area (Å²) < 4.78 is 11.4. The van der Waals surface area contributed by atoms with Gasteiger partial charge in [0.15, 0.2) is 0 Å². The SMILES string of the molecule is CC(C)(C)c1cc(N2C=CN(c3[c-]c(Oc4[c-]c5c(cc4)c4c(c6ccccc6n4-c4ccccc4)n5-c4ccccn4)cc(-c4ccccc4)c3)[CH-]2)cc(C(C)(C)C)c1.[Pd]. The van der Waals surface area contributed by atoms with Gasteiger partial charge in [-0.25, -0.2) is 4.98 Å². The Morgan fingerprint density at radius 2 is 1.20 bits per heavy atom. The molecule has 1 aliphatic heterocycles. The summed E-state index contributed by atoms with van der Waals surface area (Å²) in [4.78, 5) is 9.16. The molecule has 0 radical (unpaired) electrons. The van der Waals surface area contributed by atoms with Crippen LogP contribution in [0.1, 0.15) is 52.7 Å². The maximum atomic E-state index is 6.80. The number of hydrogen-bond acceptors (Lipinski definition) is 4. The third-order valence-corrected chi connectivity index (χ3v) is 11.4. The molecule has 1 aliphatic rings. The summed E-state index contributed by atoms with van der Waals surface area (Å²) >= 11 is 0. The minimum atomic E-state index is 0. The van der Waals surface area contributed by atoms with Crippen LogP contribution < -0.4 is 14.5 Å². The Morgan fingerprint density at radius 3 is 1.90 bits per heavy atom. The van der Waals surface area contributed by atoms with Crippen molar-refractivity contribution in [2.24, 2.45) is 0 Å². The van der Waals surface area contributed by atoms with Gasteiger partial charge in [-0.2, -0.15) is 6.07 Å². The molecule has 0 atom stereocenters. The Balaban J connectivity index is 0.00000476. The van der Waals surface area contributed by atoms with E-state index < -0.39 is 0 Å². The van der Waals surface area contributed by atoms with E-state index in [1.807, 2.05) is 36.5 Å². The van der Waals surface area contributed by atoms with E-state index in [1.54, 1.807) is 0 Å². The summed E-state index contributed by atoms with van der Waals surface area (Å²) in [6, 6.07) is 58.2. The van der Waals surface area contributed by atoms with Crippen LogP contribution in [0.4, 0.5) is 11.4 Å². The van der Waals surface area contributed by atoms with Crippen LogP contribution in [-0.2, 0) is 31.3 Å². The molecule has 0 fully saturated rings. The standard InChI is InChI=1S/C54H46N5O.Pd/c1-53(2,3)39-31-40(54(4,5)6)33-43(32-39)57-28-27-56(36-57)42-29-38(37-17-9-7-10-18-37)30-45(34-42)60-44-24-25-47-49(35-44)59(50-23-15-16-26-55-50)52-46-21-13-14-22-48(46)58(51(47)52)41-19-11-8-12-20-41;/h7-33,36H,1-6H3;/q-3;. The van der Waals surface area contributed by atoms with E-state index >= 15 is 0 Å². The van der Waals surface area contributed by atoms with E-state index in [1.165, 1.54) is 11.1 Å². The van der Waals surface area contributed by atoms with Crippen molar-refractivity contribution in [2.75, 3.05) is 9.80 Å². The van der Waals surface area contributed by atoms with Crippen LogP contribution in [-0.4, -0.2) is 14.1 Å². The zero-order valence-electron chi connectivity index (χ0n) is 35.1. The van der Waals surface area contributed by atoms with Crippen molar-refractivity contribution in [3.8, 4) is 34.1 Å². The minimum absolute atomic E-state index is 0. The fourth-order valence-electron chi connectivity index (χ4n) is 8.17. The van der Waals surface area contributed by atoms with Gasteiger partial charge in [0.25, 0.3) is 0 Å². The van der Waals surface area contributed by atoms with E-state index in [4.69, 9.17) is 9.72 Å². The first-order valence-corrected chi connectivity index (χ1v) is 20.5. The van der Waals surface area contributed by atoms with Crippen molar-refractivity contribution in [1.29, 1.82) is 0 Å². The number of pyridine rings is 1. The first-order valence-electron chi connectivity index (χ1n) is 20.5. The Bertz CT molecular complexity index is 3030. The van der Waals surface area contributed by atoms with Crippen LogP contribution in [0.15, 0.2) is 164 Å². The molecule has 0 saturated carbocycles. The van der Waals surface area contributed by atoms with Crippen LogP contribution in [0.25, 0.3) is 55.5 Å². The summed E-state index contributed by atoms with van der Waals surface area (Å²) in [6.07, 6.45) is 6.03. The van der Waals surface area contributed by atoms with Gasteiger partial charge in [-0.1, -0.05) is 131 Å². The molecule has 61 heavy (non-hydrogen) atoms. The topological polar surface area (TPSA) is 38.5 Å². The zero-order valence-corrected chi connectivity index (χ0v) is 36.7. The maximum Gasteiger partial charge on any atom is 0.135 e. The maximum absolute atomic E-state index is 6.80. The predicted molar refractivity (Wildman–Crippen MR) is 247 cm³/mol. The molecule has 0 bridgehead atoms. The molecule has 6 aromatic carbocycles. The minimum Gasteiger partial charge on any atom is -0.509 e. The zero-order chi connectivity index (χ0) is 41.2. The van der Waals surface area contributed by atoms with Crippen LogP contribution in [0, 0.1) is 18.8 Å². The molecule has 0 amide bonds. The van der Waals surface area contributed by atoms with E-state index in [9.17, 15) is 0 Å². The van der Waals surface area contributed by atoms with Crippen LogP contribution in [0.2, 0.25) is 0 Å². The quantitative estimate of drug-likeness (QED) is 0.118. The number of rotatable bonds is 7. The molecule has 0 N–H and O–H groups in total. The number of hydrogen-bond donors (Lipinski definition) is 0. The van der Waals surface area contributed by atoms with E-state index in [0.717, 1.165) is 66.8 Å². The number of para-hydroxylation sites is 2. The Kier molecular flexibility index (Phi) is 10.2. The van der Waals surface area contributed by atoms with Gasteiger partial charge in [0.1, 0.15) is 5.82 Å². The molecular weight excluding hydrogens is 841 g/mol. The average Bonchev–Trinajstić information content (AvgIpc) is 3.97. The number of nitrogens with zero attached hydrogens (tertiary/aromatic N) is 5. The first-order chi connectivity index (χ1) is 29.0. The normalized spacial score (nSPS) is 13.1. The summed E-state index contributed by atoms with van der Waals surface area (Å²) in [5.74, 6) is 1.98. The van der Waals surface area contributed by atoms with Crippen molar-refractivity contribution < 1.29 is 25.2 Å². The average molecular weight is 887 g/mol. The van der Waals surface area contributed by atoms with E-state index in [0.29, 0.717) is 11.5 Å². The monoisotopic (exact) mass is 886 g/mol. The molecule has 10 rings (SSSR count). The van der Waals surface area contributed by atoms with Gasteiger partial charge in [-0.05, 0) is 82.4 Å². The molecular formula is C54H46N5OPd-3. The van der Waals surface area contributed by atoms with Gasteiger partial charge in [0.2, 0.25) is 0 Å². The number of aromatic nitrogens is 3. The molecule has 6 nitrogen and oxygen atoms in total. The number of ether oxygens (including phenoxy) is 1. The fourth-order valence-corrected chi connectivity index (χ4v) is 8.17. The van der Waals surface area contributed by atoms with Crippen LogP contribution in [0.5, 0.6) is 11.5 Å². The molecule has 9 aromatic rings. The van der Waals surface area contributed by atoms with E-state index in [-0.39, 0.29) is 31.3 Å². The van der Waals surface area contributed by atoms with Crippen LogP contribution >= 0.6 is 0 Å². The molecule has 306 valence electrons. The first kappa shape index (κ1) is 40.0. The Morgan fingerprint density at radius 1 is 0.541 bits per heavy atom. The summed E-state index contributed by atoms with van der Waals surface area (Å²) in [5.41, 5.74) is 12.0. The van der Waals surface area contributed by atoms with E-state index in [2.05, 4.69) is 207 Å². The second-order valence-electron chi connectivity index (χ2n) is 17.6. The number of fused-ring (bicyclic) bond motifs is 5. The van der Waals surface area contributed by atoms with Gasteiger partial charge in [0.05, 0.1) is 11.0 Å². The van der Waals surface area contributed by atoms with Gasteiger partial charge >= 0.3 is 0 Å². The van der Waals surface area contributed by atoms with Crippen molar-refractivity contribution in [2.45, 2.75) is 52.4 Å². The molecule has 0 unspecified atom stereocenters. The van der Waals surface area contributed by atoms with Crippen molar-refractivity contribution >= 4 is 44.2 Å². The number of anilines is 2. The predicted octanol–water partition coefficient (Wildman–Crippen LogP) is 13.7. The second kappa shape index (κ2) is 15.6. The summed E-state index contributed by atoms with van der Waals surface area (Å²) in [7, 11) is 0. The van der Waals surface area contributed by atoms with Gasteiger partial charge in [-0.3, -0.25) is 0 Å². The van der Waals surface area contributed by atoms with Crippen molar-refractivity contribution in [1.82, 2.24) is 14.1 Å². The summed E-state index contributed by atoms with van der Waals surface area (Å²) in [6.45, 7) is 15.8. The summed E-state index contributed by atoms with van der Waals surface area (Å²) in [5, 5.41) is 2.18. The molecule has 3 aromatic heterocycles. The fraction of sp³-hybridized carbons (Fsp3) is 0.148. The van der Waals surface area contributed by atoms with Gasteiger partial charge < -0.3 is 23.7 Å². The molecule has 0 aliphatic carbocycles. The van der Waals surface area contributed by atoms with Gasteiger partial charge in [-0.15, -0.1) is 48.3 Å². The molecule has 4 heterocycles.